The maximum absolute atomic E-state index is 11.5. The number of nitrogens with one attached hydrogen (secondary N) is 1. The highest BCUT2D eigenvalue weighted by Gasteiger charge is 2.15. The van der Waals surface area contributed by atoms with Crippen LogP contribution in [0.4, 0.5) is 11.4 Å². The van der Waals surface area contributed by atoms with E-state index in [9.17, 15) is 4.79 Å². The Bertz CT molecular complexity index is 498. The zero-order valence-electron chi connectivity index (χ0n) is 8.60. The monoisotopic (exact) mass is 213 g/mol. The number of nitrogens with zero attached hydrogens (tertiary/aromatic N) is 1. The van der Waals surface area contributed by atoms with E-state index in [4.69, 9.17) is 11.1 Å². The fourth-order valence-electron chi connectivity index (χ4n) is 1.38. The van der Waals surface area contributed by atoms with Crippen LogP contribution in [0.25, 0.3) is 0 Å². The molecule has 0 aliphatic heterocycles. The number of anilines is 1. The summed E-state index contributed by atoms with van der Waals surface area (Å²) < 4.78 is 0. The van der Waals surface area contributed by atoms with Crippen LogP contribution in [0.1, 0.15) is 6.42 Å². The number of allylic oxidation sites excluding steroid dienone is 2. The third-order valence-corrected chi connectivity index (χ3v) is 2.22. The Morgan fingerprint density at radius 2 is 1.88 bits per heavy atom. The zero-order valence-corrected chi connectivity index (χ0v) is 8.60. The maximum atomic E-state index is 11.5. The van der Waals surface area contributed by atoms with Crippen LogP contribution in [0.2, 0.25) is 0 Å². The van der Waals surface area contributed by atoms with E-state index >= 15 is 0 Å². The first-order chi connectivity index (χ1) is 7.65. The first kappa shape index (κ1) is 10.3. The van der Waals surface area contributed by atoms with Crippen molar-refractivity contribution in [2.75, 3.05) is 5.73 Å². The third kappa shape index (κ3) is 2.23. The standard InChI is InChI=1S/C12H11N3O/c13-8-1-4-10(5-2-8)15-11-6-3-9(14)7-12(11)16/h1-6,14H,7,13H2. The molecule has 2 rings (SSSR count). The summed E-state index contributed by atoms with van der Waals surface area (Å²) in [6, 6.07) is 6.98. The van der Waals surface area contributed by atoms with Crippen molar-refractivity contribution < 1.29 is 4.79 Å². The van der Waals surface area contributed by atoms with Crippen molar-refractivity contribution in [1.82, 2.24) is 0 Å². The van der Waals surface area contributed by atoms with Gasteiger partial charge in [-0.1, -0.05) is 0 Å². The van der Waals surface area contributed by atoms with Gasteiger partial charge in [-0.2, -0.15) is 0 Å². The van der Waals surface area contributed by atoms with Crippen molar-refractivity contribution in [2.45, 2.75) is 6.42 Å². The van der Waals surface area contributed by atoms with Gasteiger partial charge in [-0.25, -0.2) is 4.99 Å². The topological polar surface area (TPSA) is 79.3 Å². The number of hydrogen-bond acceptors (Lipinski definition) is 4. The number of benzene rings is 1. The molecule has 1 aromatic rings. The second-order valence-electron chi connectivity index (χ2n) is 3.55. The highest BCUT2D eigenvalue weighted by Crippen LogP contribution is 2.16. The van der Waals surface area contributed by atoms with Crippen molar-refractivity contribution in [1.29, 1.82) is 5.41 Å². The number of nitrogens with two attached hydrogens (primary N) is 1. The Morgan fingerprint density at radius 1 is 1.19 bits per heavy atom. The second-order valence-corrected chi connectivity index (χ2v) is 3.55. The van der Waals surface area contributed by atoms with Crippen LogP contribution in [0.15, 0.2) is 41.4 Å². The van der Waals surface area contributed by atoms with E-state index in [1.165, 1.54) is 0 Å². The van der Waals surface area contributed by atoms with Gasteiger partial charge >= 0.3 is 0 Å². The number of nitrogen functional groups attached to an aromatic ring is 1. The molecule has 0 fully saturated rings. The Morgan fingerprint density at radius 3 is 2.50 bits per heavy atom. The van der Waals surface area contributed by atoms with Gasteiger partial charge in [0.2, 0.25) is 0 Å². The molecule has 0 aromatic heterocycles. The number of ketones is 1. The van der Waals surface area contributed by atoms with Gasteiger partial charge in [0, 0.05) is 11.4 Å². The van der Waals surface area contributed by atoms with E-state index < -0.39 is 0 Å². The molecule has 0 radical (unpaired) electrons. The minimum absolute atomic E-state index is 0.121. The van der Waals surface area contributed by atoms with Crippen LogP contribution in [0.5, 0.6) is 0 Å². The Balaban J connectivity index is 2.31. The smallest absolute Gasteiger partial charge is 0.187 e. The number of aliphatic imine (C=N–C) groups is 1. The van der Waals surface area contributed by atoms with Crippen molar-refractivity contribution in [3.8, 4) is 0 Å². The van der Waals surface area contributed by atoms with Crippen LogP contribution in [-0.2, 0) is 4.79 Å². The molecule has 1 aromatic carbocycles. The number of carbonyl (C=O) groups is 1. The van der Waals surface area contributed by atoms with Gasteiger partial charge in [-0.15, -0.1) is 0 Å². The van der Waals surface area contributed by atoms with Crippen molar-refractivity contribution in [3.63, 3.8) is 0 Å². The minimum Gasteiger partial charge on any atom is -0.399 e. The van der Waals surface area contributed by atoms with E-state index in [-0.39, 0.29) is 12.2 Å². The van der Waals surface area contributed by atoms with E-state index in [2.05, 4.69) is 4.99 Å². The van der Waals surface area contributed by atoms with E-state index in [0.717, 1.165) is 0 Å². The molecule has 1 aliphatic carbocycles. The van der Waals surface area contributed by atoms with Gasteiger partial charge in [0.15, 0.2) is 5.78 Å². The summed E-state index contributed by atoms with van der Waals surface area (Å²) in [6.45, 7) is 0. The first-order valence-corrected chi connectivity index (χ1v) is 4.88. The highest BCUT2D eigenvalue weighted by atomic mass is 16.1. The minimum atomic E-state index is -0.121. The van der Waals surface area contributed by atoms with Crippen LogP contribution < -0.4 is 5.73 Å². The summed E-state index contributed by atoms with van der Waals surface area (Å²) in [5.74, 6) is -0.121. The zero-order chi connectivity index (χ0) is 11.5. The third-order valence-electron chi connectivity index (χ3n) is 2.22. The molecule has 4 nitrogen and oxygen atoms in total. The number of hydrogen-bond donors (Lipinski definition) is 2. The largest absolute Gasteiger partial charge is 0.399 e. The molecular formula is C12H11N3O. The summed E-state index contributed by atoms with van der Waals surface area (Å²) in [4.78, 5) is 15.7. The molecule has 0 saturated heterocycles. The van der Waals surface area contributed by atoms with Crippen molar-refractivity contribution in [3.05, 3.63) is 36.4 Å². The molecule has 3 N–H and O–H groups in total. The summed E-state index contributed by atoms with van der Waals surface area (Å²) in [5.41, 5.74) is 7.61. The molecule has 0 unspecified atom stereocenters. The van der Waals surface area contributed by atoms with Crippen LogP contribution in [0.3, 0.4) is 0 Å². The molecule has 0 bridgehead atoms. The summed E-state index contributed by atoms with van der Waals surface area (Å²) in [6.07, 6.45) is 3.30. The van der Waals surface area contributed by atoms with E-state index in [1.54, 1.807) is 36.4 Å². The fraction of sp³-hybridized carbons (Fsp3) is 0.0833. The average molecular weight is 213 g/mol. The van der Waals surface area contributed by atoms with Crippen LogP contribution in [-0.4, -0.2) is 17.2 Å². The Hall–Kier alpha value is -2.23. The molecule has 1 aliphatic rings. The number of rotatable bonds is 1. The van der Waals surface area contributed by atoms with E-state index in [1.807, 2.05) is 0 Å². The summed E-state index contributed by atoms with van der Waals surface area (Å²) >= 11 is 0. The van der Waals surface area contributed by atoms with Gasteiger partial charge in [0.25, 0.3) is 0 Å². The van der Waals surface area contributed by atoms with Gasteiger partial charge < -0.3 is 11.1 Å². The molecule has 80 valence electrons. The number of carbonyl (C=O) groups excluding carboxylic acids is 1. The van der Waals surface area contributed by atoms with Crippen LogP contribution >= 0.6 is 0 Å². The predicted molar refractivity (Wildman–Crippen MR) is 64.4 cm³/mol. The highest BCUT2D eigenvalue weighted by molar-refractivity contribution is 6.50. The molecular weight excluding hydrogens is 202 g/mol. The molecule has 0 amide bonds. The van der Waals surface area contributed by atoms with E-state index in [0.29, 0.717) is 22.8 Å². The fourth-order valence-corrected chi connectivity index (χ4v) is 1.38. The van der Waals surface area contributed by atoms with Gasteiger partial charge in [-0.05, 0) is 36.4 Å². The molecule has 0 saturated carbocycles. The van der Waals surface area contributed by atoms with Gasteiger partial charge in [0.05, 0.1) is 12.1 Å². The summed E-state index contributed by atoms with van der Waals surface area (Å²) in [5, 5.41) is 7.34. The first-order valence-electron chi connectivity index (χ1n) is 4.88. The predicted octanol–water partition coefficient (Wildman–Crippen LogP) is 1.89. The lowest BCUT2D eigenvalue weighted by Crippen LogP contribution is -2.19. The lowest BCUT2D eigenvalue weighted by molar-refractivity contribution is -0.111. The average Bonchev–Trinajstić information content (AvgIpc) is 2.25. The van der Waals surface area contributed by atoms with Gasteiger partial charge in [-0.3, -0.25) is 4.79 Å². The van der Waals surface area contributed by atoms with Crippen molar-refractivity contribution in [2.24, 2.45) is 4.99 Å². The number of Topliss-reactive ketones (excluding diaryl/α,β-unsaturated/α-hetero) is 1. The van der Waals surface area contributed by atoms with Crippen LogP contribution in [0, 0.1) is 5.41 Å². The normalized spacial score (nSPS) is 18.1. The van der Waals surface area contributed by atoms with Gasteiger partial charge in [0.1, 0.15) is 5.71 Å². The SMILES string of the molecule is N=C1C=CC(=Nc2ccc(N)cc2)C(=O)C1. The molecule has 4 heteroatoms. The lowest BCUT2D eigenvalue weighted by atomic mass is 10.0. The molecule has 16 heavy (non-hydrogen) atoms. The molecule has 0 heterocycles. The maximum Gasteiger partial charge on any atom is 0.187 e. The second kappa shape index (κ2) is 4.10. The quantitative estimate of drug-likeness (QED) is 0.698. The lowest BCUT2D eigenvalue weighted by Gasteiger charge is -2.06. The summed E-state index contributed by atoms with van der Waals surface area (Å²) in [7, 11) is 0. The van der Waals surface area contributed by atoms with Crippen molar-refractivity contribution >= 4 is 28.6 Å². The molecule has 0 spiro atoms. The molecule has 0 atom stereocenters. The Labute approximate surface area is 93.0 Å². The Kier molecular flexibility index (Phi) is 2.64.